The van der Waals surface area contributed by atoms with Crippen LogP contribution in [0.2, 0.25) is 0 Å². The molecule has 3 rings (SSSR count). The van der Waals surface area contributed by atoms with Crippen LogP contribution in [0.25, 0.3) is 0 Å². The first-order chi connectivity index (χ1) is 13.9. The summed E-state index contributed by atoms with van der Waals surface area (Å²) in [6.45, 7) is 4.39. The average Bonchev–Trinajstić information content (AvgIpc) is 3.15. The van der Waals surface area contributed by atoms with Gasteiger partial charge >= 0.3 is 0 Å². The minimum atomic E-state index is -3.74. The topological polar surface area (TPSA) is 92.3 Å². The van der Waals surface area contributed by atoms with Crippen LogP contribution in [0, 0.1) is 6.92 Å². The summed E-state index contributed by atoms with van der Waals surface area (Å²) in [6, 6.07) is 6.01. The number of aromatic nitrogens is 2. The largest absolute Gasteiger partial charge is 0.299 e. The van der Waals surface area contributed by atoms with Crippen LogP contribution < -0.4 is 5.32 Å². The monoisotopic (exact) mass is 436 g/mol. The molecule has 0 bridgehead atoms. The van der Waals surface area contributed by atoms with Gasteiger partial charge in [0.25, 0.3) is 0 Å². The van der Waals surface area contributed by atoms with Crippen LogP contribution in [0.1, 0.15) is 56.0 Å². The molecule has 1 aliphatic rings. The molecule has 2 aromatic rings. The number of benzene rings is 1. The lowest BCUT2D eigenvalue weighted by molar-refractivity contribution is -0.120. The molecule has 0 saturated carbocycles. The summed E-state index contributed by atoms with van der Waals surface area (Å²) in [5.74, 6) is -0.336. The molecule has 1 unspecified atom stereocenters. The second kappa shape index (κ2) is 9.77. The highest BCUT2D eigenvalue weighted by atomic mass is 32.2. The number of aryl methyl sites for hydroxylation is 2. The molecule has 1 aromatic carbocycles. The Balaban J connectivity index is 1.72. The third-order valence-electron chi connectivity index (χ3n) is 5.08. The fourth-order valence-electron chi connectivity index (χ4n) is 3.42. The van der Waals surface area contributed by atoms with E-state index in [1.54, 1.807) is 24.3 Å². The molecule has 0 aliphatic carbocycles. The van der Waals surface area contributed by atoms with Gasteiger partial charge in [0.15, 0.2) is 0 Å². The number of hydrogen-bond acceptors (Lipinski definition) is 6. The highest BCUT2D eigenvalue weighted by Gasteiger charge is 2.37. The van der Waals surface area contributed by atoms with Crippen molar-refractivity contribution < 1.29 is 13.2 Å². The van der Waals surface area contributed by atoms with Crippen molar-refractivity contribution in [1.82, 2.24) is 14.5 Å². The first-order valence-electron chi connectivity index (χ1n) is 10.1. The Morgan fingerprint density at radius 3 is 2.69 bits per heavy atom. The zero-order valence-electron chi connectivity index (χ0n) is 16.9. The van der Waals surface area contributed by atoms with Gasteiger partial charge in [-0.3, -0.25) is 10.1 Å². The van der Waals surface area contributed by atoms with Gasteiger partial charge in [0.1, 0.15) is 11.0 Å². The predicted molar refractivity (Wildman–Crippen MR) is 114 cm³/mol. The Kier molecular flexibility index (Phi) is 7.37. The highest BCUT2D eigenvalue weighted by Crippen LogP contribution is 2.27. The molecule has 1 amide bonds. The Hall–Kier alpha value is -1.84. The molecule has 0 spiro atoms. The molecule has 1 atom stereocenters. The summed E-state index contributed by atoms with van der Waals surface area (Å²) in [5, 5.41) is 12.3. The van der Waals surface area contributed by atoms with E-state index >= 15 is 0 Å². The Labute approximate surface area is 176 Å². The second-order valence-corrected chi connectivity index (χ2v) is 10.3. The number of rotatable bonds is 8. The summed E-state index contributed by atoms with van der Waals surface area (Å²) < 4.78 is 27.6. The number of anilines is 1. The minimum Gasteiger partial charge on any atom is -0.299 e. The summed E-state index contributed by atoms with van der Waals surface area (Å²) in [4.78, 5) is 13.1. The van der Waals surface area contributed by atoms with E-state index in [9.17, 15) is 13.2 Å². The fourth-order valence-corrected chi connectivity index (χ4v) is 5.86. The van der Waals surface area contributed by atoms with Gasteiger partial charge in [0, 0.05) is 13.0 Å². The lowest BCUT2D eigenvalue weighted by Crippen LogP contribution is -2.49. The van der Waals surface area contributed by atoms with Crippen molar-refractivity contribution in [2.45, 2.75) is 69.7 Å². The van der Waals surface area contributed by atoms with Crippen LogP contribution >= 0.6 is 11.3 Å². The maximum atomic E-state index is 13.1. The lowest BCUT2D eigenvalue weighted by Gasteiger charge is -2.33. The number of carbonyl (C=O) groups excluding carboxylic acids is 1. The van der Waals surface area contributed by atoms with Gasteiger partial charge < -0.3 is 0 Å². The van der Waals surface area contributed by atoms with Crippen LogP contribution in [-0.2, 0) is 21.2 Å². The summed E-state index contributed by atoms with van der Waals surface area (Å²) >= 11 is 1.36. The average molecular weight is 437 g/mol. The molecule has 9 heteroatoms. The number of unbranched alkanes of at least 4 members (excludes halogenated alkanes) is 2. The number of hydrogen-bond donors (Lipinski definition) is 1. The van der Waals surface area contributed by atoms with Gasteiger partial charge in [-0.1, -0.05) is 55.2 Å². The third-order valence-corrected chi connectivity index (χ3v) is 7.90. The Morgan fingerprint density at radius 2 is 1.97 bits per heavy atom. The zero-order valence-corrected chi connectivity index (χ0v) is 18.6. The molecule has 7 nitrogen and oxygen atoms in total. The molecule has 1 fully saturated rings. The maximum absolute atomic E-state index is 13.1. The predicted octanol–water partition coefficient (Wildman–Crippen LogP) is 3.76. The van der Waals surface area contributed by atoms with Crippen LogP contribution in [0.4, 0.5) is 5.13 Å². The number of nitrogens with one attached hydrogen (secondary N) is 1. The molecule has 1 aliphatic heterocycles. The smallest absolute Gasteiger partial charge is 0.244 e. The van der Waals surface area contributed by atoms with Crippen molar-refractivity contribution in [3.8, 4) is 0 Å². The molecule has 158 valence electrons. The standard InChI is InChI=1S/C20H28N4O3S2/c1-3-4-5-9-18-22-23-20(28-18)21-19(25)17-8-6-7-14-24(17)29(26,27)16-12-10-15(2)11-13-16/h10-13,17H,3-9,14H2,1-2H3,(H,21,23,25). The molecule has 1 saturated heterocycles. The van der Waals surface area contributed by atoms with Crippen molar-refractivity contribution in [3.05, 3.63) is 34.8 Å². The second-order valence-electron chi connectivity index (χ2n) is 7.39. The third kappa shape index (κ3) is 5.40. The van der Waals surface area contributed by atoms with Gasteiger partial charge in [0.05, 0.1) is 4.90 Å². The summed E-state index contributed by atoms with van der Waals surface area (Å²) in [5.41, 5.74) is 0.989. The SMILES string of the molecule is CCCCCc1nnc(NC(=O)C2CCCCN2S(=O)(=O)c2ccc(C)cc2)s1. The zero-order chi connectivity index (χ0) is 20.9. The van der Waals surface area contributed by atoms with Crippen LogP contribution in [0.15, 0.2) is 29.2 Å². The van der Waals surface area contributed by atoms with Crippen molar-refractivity contribution in [2.75, 3.05) is 11.9 Å². The minimum absolute atomic E-state index is 0.219. The van der Waals surface area contributed by atoms with Crippen LogP contribution in [0.3, 0.4) is 0 Å². The first kappa shape index (κ1) is 21.9. The molecule has 1 N–H and O–H groups in total. The van der Waals surface area contributed by atoms with Crippen molar-refractivity contribution in [3.63, 3.8) is 0 Å². The highest BCUT2D eigenvalue weighted by molar-refractivity contribution is 7.89. The van der Waals surface area contributed by atoms with E-state index in [1.165, 1.54) is 15.6 Å². The van der Waals surface area contributed by atoms with Crippen LogP contribution in [-0.4, -0.2) is 41.4 Å². The van der Waals surface area contributed by atoms with E-state index in [2.05, 4.69) is 22.4 Å². The normalized spacial score (nSPS) is 17.9. The first-order valence-corrected chi connectivity index (χ1v) is 12.4. The van der Waals surface area contributed by atoms with E-state index in [-0.39, 0.29) is 10.8 Å². The Morgan fingerprint density at radius 1 is 1.21 bits per heavy atom. The molecular formula is C20H28N4O3S2. The van der Waals surface area contributed by atoms with E-state index in [0.717, 1.165) is 49.1 Å². The van der Waals surface area contributed by atoms with E-state index in [0.29, 0.717) is 18.1 Å². The van der Waals surface area contributed by atoms with Crippen molar-refractivity contribution in [2.24, 2.45) is 0 Å². The van der Waals surface area contributed by atoms with E-state index in [4.69, 9.17) is 0 Å². The van der Waals surface area contributed by atoms with Gasteiger partial charge in [-0.25, -0.2) is 8.42 Å². The number of carbonyl (C=O) groups is 1. The van der Waals surface area contributed by atoms with E-state index in [1.807, 2.05) is 6.92 Å². The Bertz CT molecular complexity index is 925. The number of piperidine rings is 1. The number of nitrogens with zero attached hydrogens (tertiary/aromatic N) is 3. The lowest BCUT2D eigenvalue weighted by atomic mass is 10.0. The fraction of sp³-hybridized carbons (Fsp3) is 0.550. The van der Waals surface area contributed by atoms with Gasteiger partial charge in [0.2, 0.25) is 21.1 Å². The van der Waals surface area contributed by atoms with Crippen molar-refractivity contribution in [1.29, 1.82) is 0 Å². The number of sulfonamides is 1. The van der Waals surface area contributed by atoms with Gasteiger partial charge in [-0.05, 0) is 38.3 Å². The van der Waals surface area contributed by atoms with E-state index < -0.39 is 16.1 Å². The molecular weight excluding hydrogens is 408 g/mol. The van der Waals surface area contributed by atoms with Gasteiger partial charge in [-0.2, -0.15) is 4.31 Å². The quantitative estimate of drug-likeness (QED) is 0.636. The molecule has 1 aromatic heterocycles. The summed E-state index contributed by atoms with van der Waals surface area (Å²) in [7, 11) is -3.74. The summed E-state index contributed by atoms with van der Waals surface area (Å²) in [6.07, 6.45) is 6.22. The van der Waals surface area contributed by atoms with Crippen LogP contribution in [0.5, 0.6) is 0 Å². The molecule has 29 heavy (non-hydrogen) atoms. The molecule has 0 radical (unpaired) electrons. The molecule has 2 heterocycles. The maximum Gasteiger partial charge on any atom is 0.244 e. The number of amides is 1. The van der Waals surface area contributed by atoms with Gasteiger partial charge in [-0.15, -0.1) is 10.2 Å². The van der Waals surface area contributed by atoms with Crippen molar-refractivity contribution >= 4 is 32.4 Å².